The molecule has 3 heteroatoms. The quantitative estimate of drug-likeness (QED) is 0.842. The van der Waals surface area contributed by atoms with Crippen molar-refractivity contribution in [2.24, 2.45) is 11.3 Å². The molecule has 0 aliphatic heterocycles. The summed E-state index contributed by atoms with van der Waals surface area (Å²) in [7, 11) is 1.83. The van der Waals surface area contributed by atoms with Crippen molar-refractivity contribution in [1.29, 1.82) is 5.41 Å². The molecule has 2 aliphatic carbocycles. The minimum absolute atomic E-state index is 0.0683. The van der Waals surface area contributed by atoms with Crippen LogP contribution in [-0.4, -0.2) is 18.9 Å². The van der Waals surface area contributed by atoms with Gasteiger partial charge in [-0.1, -0.05) is 35.3 Å². The summed E-state index contributed by atoms with van der Waals surface area (Å²) in [6, 6.07) is 6.41. The van der Waals surface area contributed by atoms with Gasteiger partial charge in [0.2, 0.25) is 0 Å². The smallest absolute Gasteiger partial charge is 0.0600 e. The topological polar surface area (TPSA) is 33.1 Å². The molecular formula is C17H22BrNO. The van der Waals surface area contributed by atoms with Gasteiger partial charge in [-0.15, -0.1) is 0 Å². The van der Waals surface area contributed by atoms with Gasteiger partial charge in [0, 0.05) is 28.3 Å². The molecule has 0 bridgehead atoms. The monoisotopic (exact) mass is 335 g/mol. The lowest BCUT2D eigenvalue weighted by Crippen LogP contribution is -2.41. The highest BCUT2D eigenvalue weighted by Gasteiger charge is 2.47. The first-order chi connectivity index (χ1) is 9.59. The maximum atomic E-state index is 8.70. The number of methoxy groups -OCH3 is 1. The second-order valence-electron chi connectivity index (χ2n) is 6.32. The van der Waals surface area contributed by atoms with Gasteiger partial charge in [-0.05, 0) is 49.3 Å². The largest absolute Gasteiger partial charge is 0.381 e. The van der Waals surface area contributed by atoms with E-state index < -0.39 is 0 Å². The van der Waals surface area contributed by atoms with Crippen molar-refractivity contribution in [2.75, 3.05) is 7.11 Å². The molecule has 3 rings (SSSR count). The number of hydrogen-bond acceptors (Lipinski definition) is 2. The number of ether oxygens (including phenoxy) is 1. The summed E-state index contributed by atoms with van der Waals surface area (Å²) >= 11 is 3.53. The van der Waals surface area contributed by atoms with E-state index in [-0.39, 0.29) is 5.41 Å². The zero-order valence-corrected chi connectivity index (χ0v) is 13.8. The number of rotatable bonds is 2. The normalized spacial score (nSPS) is 32.6. The average molecular weight is 336 g/mol. The van der Waals surface area contributed by atoms with E-state index in [1.807, 2.05) is 7.11 Å². The lowest BCUT2D eigenvalue weighted by molar-refractivity contribution is -0.00401. The second kappa shape index (κ2) is 5.27. The molecule has 20 heavy (non-hydrogen) atoms. The van der Waals surface area contributed by atoms with Gasteiger partial charge in [0.1, 0.15) is 0 Å². The summed E-state index contributed by atoms with van der Waals surface area (Å²) < 4.78 is 6.73. The van der Waals surface area contributed by atoms with Crippen molar-refractivity contribution < 1.29 is 4.74 Å². The molecule has 1 N–H and O–H groups in total. The third kappa shape index (κ3) is 2.15. The lowest BCUT2D eigenvalue weighted by atomic mass is 9.65. The third-order valence-corrected chi connectivity index (χ3v) is 5.81. The van der Waals surface area contributed by atoms with Crippen molar-refractivity contribution in [3.8, 4) is 0 Å². The number of halogens is 1. The van der Waals surface area contributed by atoms with Crippen LogP contribution in [0.1, 0.15) is 43.7 Å². The van der Waals surface area contributed by atoms with Crippen LogP contribution in [0, 0.1) is 16.7 Å². The van der Waals surface area contributed by atoms with E-state index in [2.05, 4.69) is 41.1 Å². The molecular weight excluding hydrogens is 314 g/mol. The molecule has 0 saturated heterocycles. The van der Waals surface area contributed by atoms with Crippen LogP contribution in [0.25, 0.3) is 0 Å². The van der Waals surface area contributed by atoms with Crippen molar-refractivity contribution in [3.05, 3.63) is 33.8 Å². The molecule has 1 aromatic rings. The molecule has 2 nitrogen and oxygen atoms in total. The highest BCUT2D eigenvalue weighted by molar-refractivity contribution is 9.10. The Bertz CT molecular complexity index is 542. The van der Waals surface area contributed by atoms with Crippen LogP contribution in [0.2, 0.25) is 0 Å². The van der Waals surface area contributed by atoms with E-state index in [1.54, 1.807) is 0 Å². The van der Waals surface area contributed by atoms with Crippen molar-refractivity contribution in [1.82, 2.24) is 0 Å². The van der Waals surface area contributed by atoms with Crippen LogP contribution in [0.15, 0.2) is 22.7 Å². The molecule has 0 heterocycles. The van der Waals surface area contributed by atoms with Crippen LogP contribution in [0.3, 0.4) is 0 Å². The third-order valence-electron chi connectivity index (χ3n) is 5.31. The van der Waals surface area contributed by atoms with Gasteiger partial charge in [-0.2, -0.15) is 0 Å². The Labute approximate surface area is 129 Å². The van der Waals surface area contributed by atoms with Crippen LogP contribution in [0.4, 0.5) is 0 Å². The fraction of sp³-hybridized carbons (Fsp3) is 0.588. The SMILES string of the molecule is CC[C@H]1C[C@@]2(CC[C@@H]1OC)Cc1ccc(Br)cc1C2=N. The molecule has 1 aromatic carbocycles. The molecule has 2 aliphatic rings. The van der Waals surface area contributed by atoms with Gasteiger partial charge in [-0.3, -0.25) is 0 Å². The molecule has 0 aromatic heterocycles. The van der Waals surface area contributed by atoms with Gasteiger partial charge in [0.15, 0.2) is 0 Å². The first kappa shape index (κ1) is 14.3. The molecule has 0 radical (unpaired) electrons. The molecule has 108 valence electrons. The second-order valence-corrected chi connectivity index (χ2v) is 7.23. The van der Waals surface area contributed by atoms with Gasteiger partial charge in [0.05, 0.1) is 6.10 Å². The predicted octanol–water partition coefficient (Wildman–Crippen LogP) is 4.58. The summed E-state index contributed by atoms with van der Waals surface area (Å²) in [5.74, 6) is 0.590. The van der Waals surface area contributed by atoms with E-state index in [9.17, 15) is 0 Å². The fourth-order valence-corrected chi connectivity index (χ4v) is 4.53. The zero-order chi connectivity index (χ0) is 14.3. The molecule has 1 spiro atoms. The van der Waals surface area contributed by atoms with Gasteiger partial charge in [-0.25, -0.2) is 0 Å². The van der Waals surface area contributed by atoms with E-state index in [0.717, 1.165) is 47.9 Å². The highest BCUT2D eigenvalue weighted by atomic mass is 79.9. The minimum atomic E-state index is 0.0683. The van der Waals surface area contributed by atoms with E-state index >= 15 is 0 Å². The van der Waals surface area contributed by atoms with Gasteiger partial charge < -0.3 is 10.1 Å². The molecule has 0 amide bonds. The zero-order valence-electron chi connectivity index (χ0n) is 12.2. The Morgan fingerprint density at radius 1 is 1.45 bits per heavy atom. The Hall–Kier alpha value is -0.670. The first-order valence-electron chi connectivity index (χ1n) is 7.50. The summed E-state index contributed by atoms with van der Waals surface area (Å²) in [5.41, 5.74) is 3.44. The Morgan fingerprint density at radius 3 is 2.95 bits per heavy atom. The van der Waals surface area contributed by atoms with Crippen molar-refractivity contribution >= 4 is 21.6 Å². The van der Waals surface area contributed by atoms with Crippen LogP contribution < -0.4 is 0 Å². The van der Waals surface area contributed by atoms with Crippen LogP contribution in [0.5, 0.6) is 0 Å². The summed E-state index contributed by atoms with van der Waals surface area (Å²) in [5, 5.41) is 8.70. The van der Waals surface area contributed by atoms with Crippen molar-refractivity contribution in [2.45, 2.75) is 45.1 Å². The van der Waals surface area contributed by atoms with Crippen LogP contribution in [-0.2, 0) is 11.2 Å². The Kier molecular flexibility index (Phi) is 3.76. The van der Waals surface area contributed by atoms with E-state index in [0.29, 0.717) is 12.0 Å². The first-order valence-corrected chi connectivity index (χ1v) is 8.29. The average Bonchev–Trinajstić information content (AvgIpc) is 2.72. The maximum absolute atomic E-state index is 8.70. The van der Waals surface area contributed by atoms with E-state index in [1.165, 1.54) is 5.56 Å². The summed E-state index contributed by atoms with van der Waals surface area (Å²) in [4.78, 5) is 0. The number of benzene rings is 1. The standard InChI is InChI=1S/C17H22BrNO/c1-3-11-9-17(7-6-15(11)20-2)10-12-4-5-13(18)8-14(12)16(17)19/h4-5,8,11,15,19H,3,6-7,9-10H2,1-2H3/t11-,15-,17-/m0/s1. The predicted molar refractivity (Wildman–Crippen MR) is 85.5 cm³/mol. The molecule has 1 fully saturated rings. The summed E-state index contributed by atoms with van der Waals surface area (Å²) in [6.45, 7) is 2.25. The Balaban J connectivity index is 1.91. The van der Waals surface area contributed by atoms with E-state index in [4.69, 9.17) is 10.1 Å². The van der Waals surface area contributed by atoms with Crippen molar-refractivity contribution in [3.63, 3.8) is 0 Å². The van der Waals surface area contributed by atoms with Gasteiger partial charge >= 0.3 is 0 Å². The number of nitrogens with one attached hydrogen (secondary N) is 1. The Morgan fingerprint density at radius 2 is 2.25 bits per heavy atom. The minimum Gasteiger partial charge on any atom is -0.381 e. The van der Waals surface area contributed by atoms with Gasteiger partial charge in [0.25, 0.3) is 0 Å². The molecule has 3 atom stereocenters. The number of fused-ring (bicyclic) bond motifs is 1. The molecule has 0 unspecified atom stereocenters. The molecule has 1 saturated carbocycles. The summed E-state index contributed by atoms with van der Waals surface area (Å²) in [6.07, 6.45) is 5.86. The fourth-order valence-electron chi connectivity index (χ4n) is 4.17. The highest BCUT2D eigenvalue weighted by Crippen LogP contribution is 2.50. The number of hydrogen-bond donors (Lipinski definition) is 1. The van der Waals surface area contributed by atoms with Crippen LogP contribution >= 0.6 is 15.9 Å². The lowest BCUT2D eigenvalue weighted by Gasteiger charge is -2.42. The maximum Gasteiger partial charge on any atom is 0.0600 e.